The van der Waals surface area contributed by atoms with Gasteiger partial charge in [-0.05, 0) is 48.9 Å². The fourth-order valence-electron chi connectivity index (χ4n) is 2.16. The summed E-state index contributed by atoms with van der Waals surface area (Å²) in [5, 5.41) is 4.49. The van der Waals surface area contributed by atoms with Crippen LogP contribution in [-0.4, -0.2) is 18.6 Å². The predicted molar refractivity (Wildman–Crippen MR) is 87.4 cm³/mol. The molecule has 0 radical (unpaired) electrons. The molecule has 0 aliphatic rings. The maximum Gasteiger partial charge on any atom is 0.137 e. The van der Waals surface area contributed by atoms with Crippen molar-refractivity contribution in [2.45, 2.75) is 19.4 Å². The average molecular weight is 325 g/mol. The van der Waals surface area contributed by atoms with Gasteiger partial charge in [-0.1, -0.05) is 30.1 Å². The fraction of sp³-hybridized carbons (Fsp3) is 0.312. The van der Waals surface area contributed by atoms with Crippen LogP contribution in [0.25, 0.3) is 0 Å². The lowest BCUT2D eigenvalue weighted by Gasteiger charge is -2.18. The molecule has 1 aromatic heterocycles. The molecule has 0 aliphatic carbocycles. The molecule has 0 spiro atoms. The van der Waals surface area contributed by atoms with E-state index in [0.717, 1.165) is 23.3 Å². The molecule has 1 aromatic carbocycles. The Morgan fingerprint density at radius 3 is 2.43 bits per heavy atom. The lowest BCUT2D eigenvalue weighted by Crippen LogP contribution is -2.18. The van der Waals surface area contributed by atoms with Gasteiger partial charge in [0.1, 0.15) is 5.75 Å². The number of halogens is 2. The lowest BCUT2D eigenvalue weighted by molar-refractivity contribution is 0.315. The quantitative estimate of drug-likeness (QED) is 0.850. The highest BCUT2D eigenvalue weighted by Crippen LogP contribution is 2.28. The molecule has 112 valence electrons. The van der Waals surface area contributed by atoms with Crippen LogP contribution in [0.1, 0.15) is 30.5 Å². The van der Waals surface area contributed by atoms with E-state index in [0.29, 0.717) is 16.7 Å². The molecule has 1 unspecified atom stereocenters. The normalized spacial score (nSPS) is 12.2. The van der Waals surface area contributed by atoms with Gasteiger partial charge < -0.3 is 10.1 Å². The molecule has 1 N–H and O–H groups in total. The smallest absolute Gasteiger partial charge is 0.137 e. The van der Waals surface area contributed by atoms with E-state index in [1.54, 1.807) is 12.3 Å². The van der Waals surface area contributed by atoms with Crippen molar-refractivity contribution in [3.05, 3.63) is 57.8 Å². The molecule has 0 aliphatic heterocycles. The molecule has 0 saturated heterocycles. The van der Waals surface area contributed by atoms with Crippen molar-refractivity contribution in [3.63, 3.8) is 0 Å². The van der Waals surface area contributed by atoms with E-state index >= 15 is 0 Å². The monoisotopic (exact) mass is 324 g/mol. The first-order chi connectivity index (χ1) is 10.1. The Morgan fingerprint density at radius 2 is 1.81 bits per heavy atom. The number of ether oxygens (including phenoxy) is 1. The molecular formula is C16H18Cl2N2O. The Balaban J connectivity index is 2.32. The molecule has 3 nitrogen and oxygen atoms in total. The second-order valence-electron chi connectivity index (χ2n) is 4.73. The van der Waals surface area contributed by atoms with Crippen LogP contribution >= 0.6 is 23.2 Å². The fourth-order valence-corrected chi connectivity index (χ4v) is 2.70. The number of hydrogen-bond acceptors (Lipinski definition) is 3. The number of rotatable bonds is 6. The average Bonchev–Trinajstić information content (AvgIpc) is 2.45. The van der Waals surface area contributed by atoms with Gasteiger partial charge in [0.05, 0.1) is 18.8 Å². The SMILES string of the molecule is CCCOc1cncc(C(NC)c2cc(Cl)cc(Cl)c2)c1. The van der Waals surface area contributed by atoms with Gasteiger partial charge in [-0.25, -0.2) is 0 Å². The summed E-state index contributed by atoms with van der Waals surface area (Å²) in [4.78, 5) is 4.25. The first-order valence-corrected chi connectivity index (χ1v) is 7.60. The second-order valence-corrected chi connectivity index (χ2v) is 5.60. The molecule has 0 fully saturated rings. The van der Waals surface area contributed by atoms with Gasteiger partial charge in [0.2, 0.25) is 0 Å². The van der Waals surface area contributed by atoms with Crippen LogP contribution < -0.4 is 10.1 Å². The third kappa shape index (κ3) is 4.34. The highest BCUT2D eigenvalue weighted by atomic mass is 35.5. The molecule has 1 heterocycles. The predicted octanol–water partition coefficient (Wildman–Crippen LogP) is 4.49. The summed E-state index contributed by atoms with van der Waals surface area (Å²) in [5.41, 5.74) is 1.99. The molecule has 5 heteroatoms. The van der Waals surface area contributed by atoms with Gasteiger partial charge >= 0.3 is 0 Å². The van der Waals surface area contributed by atoms with E-state index in [1.807, 2.05) is 31.4 Å². The van der Waals surface area contributed by atoms with Gasteiger partial charge in [0.25, 0.3) is 0 Å². The summed E-state index contributed by atoms with van der Waals surface area (Å²) in [6.07, 6.45) is 4.50. The number of hydrogen-bond donors (Lipinski definition) is 1. The van der Waals surface area contributed by atoms with Crippen LogP contribution in [0.4, 0.5) is 0 Å². The minimum atomic E-state index is -0.0427. The molecule has 0 amide bonds. The van der Waals surface area contributed by atoms with Gasteiger partial charge in [0, 0.05) is 16.2 Å². The molecule has 21 heavy (non-hydrogen) atoms. The molecule has 2 aromatic rings. The first kappa shape index (κ1) is 16.1. The van der Waals surface area contributed by atoms with Gasteiger partial charge in [-0.2, -0.15) is 0 Å². The number of pyridine rings is 1. The Morgan fingerprint density at radius 1 is 1.10 bits per heavy atom. The van der Waals surface area contributed by atoms with E-state index < -0.39 is 0 Å². The Bertz CT molecular complexity index is 584. The molecule has 0 saturated carbocycles. The standard InChI is InChI=1S/C16H18Cl2N2O/c1-3-4-21-15-7-12(9-20-10-15)16(19-2)11-5-13(17)8-14(18)6-11/h5-10,16,19H,3-4H2,1-2H3. The summed E-state index contributed by atoms with van der Waals surface area (Å²) >= 11 is 12.2. The van der Waals surface area contributed by atoms with E-state index in [9.17, 15) is 0 Å². The van der Waals surface area contributed by atoms with Gasteiger partial charge in [0.15, 0.2) is 0 Å². The topological polar surface area (TPSA) is 34.1 Å². The zero-order chi connectivity index (χ0) is 15.2. The molecule has 2 rings (SSSR count). The summed E-state index contributed by atoms with van der Waals surface area (Å²) in [7, 11) is 1.89. The van der Waals surface area contributed by atoms with Gasteiger partial charge in [-0.3, -0.25) is 4.98 Å². The summed E-state index contributed by atoms with van der Waals surface area (Å²) < 4.78 is 5.63. The molecule has 1 atom stereocenters. The van der Waals surface area contributed by atoms with Crippen LogP contribution in [0.2, 0.25) is 10.0 Å². The Hall–Kier alpha value is -1.29. The van der Waals surface area contributed by atoms with Crippen molar-refractivity contribution in [1.29, 1.82) is 0 Å². The maximum absolute atomic E-state index is 6.09. The van der Waals surface area contributed by atoms with Crippen molar-refractivity contribution in [2.75, 3.05) is 13.7 Å². The minimum Gasteiger partial charge on any atom is -0.492 e. The van der Waals surface area contributed by atoms with Crippen molar-refractivity contribution < 1.29 is 4.74 Å². The second kappa shape index (κ2) is 7.64. The molecular weight excluding hydrogens is 307 g/mol. The third-order valence-corrected chi connectivity index (χ3v) is 3.48. The van der Waals surface area contributed by atoms with E-state index in [-0.39, 0.29) is 6.04 Å². The van der Waals surface area contributed by atoms with Crippen molar-refractivity contribution in [2.24, 2.45) is 0 Å². The van der Waals surface area contributed by atoms with E-state index in [2.05, 4.69) is 17.2 Å². The first-order valence-electron chi connectivity index (χ1n) is 6.85. The largest absolute Gasteiger partial charge is 0.492 e. The van der Waals surface area contributed by atoms with Crippen LogP contribution in [0, 0.1) is 0 Å². The third-order valence-electron chi connectivity index (χ3n) is 3.05. The minimum absolute atomic E-state index is 0.0427. The summed E-state index contributed by atoms with van der Waals surface area (Å²) in [5.74, 6) is 0.766. The zero-order valence-electron chi connectivity index (χ0n) is 12.1. The summed E-state index contributed by atoms with van der Waals surface area (Å²) in [6.45, 7) is 2.75. The van der Waals surface area contributed by atoms with Crippen LogP contribution in [0.15, 0.2) is 36.7 Å². The Labute approximate surface area is 135 Å². The lowest BCUT2D eigenvalue weighted by atomic mass is 10.0. The van der Waals surface area contributed by atoms with Crippen molar-refractivity contribution in [3.8, 4) is 5.75 Å². The Kier molecular flexibility index (Phi) is 5.85. The number of aromatic nitrogens is 1. The summed E-state index contributed by atoms with van der Waals surface area (Å²) in [6, 6.07) is 7.46. The van der Waals surface area contributed by atoms with Crippen LogP contribution in [0.5, 0.6) is 5.75 Å². The van der Waals surface area contributed by atoms with Gasteiger partial charge in [-0.15, -0.1) is 0 Å². The maximum atomic E-state index is 6.09. The van der Waals surface area contributed by atoms with Crippen LogP contribution in [-0.2, 0) is 0 Å². The highest BCUT2D eigenvalue weighted by Gasteiger charge is 2.14. The van der Waals surface area contributed by atoms with E-state index in [4.69, 9.17) is 27.9 Å². The number of benzene rings is 1. The zero-order valence-corrected chi connectivity index (χ0v) is 13.6. The molecule has 0 bridgehead atoms. The van der Waals surface area contributed by atoms with Crippen molar-refractivity contribution in [1.82, 2.24) is 10.3 Å². The van der Waals surface area contributed by atoms with E-state index in [1.165, 1.54) is 0 Å². The number of nitrogens with zero attached hydrogens (tertiary/aromatic N) is 1. The highest BCUT2D eigenvalue weighted by molar-refractivity contribution is 6.34. The van der Waals surface area contributed by atoms with Crippen LogP contribution in [0.3, 0.4) is 0 Å². The number of nitrogens with one attached hydrogen (secondary N) is 1. The van der Waals surface area contributed by atoms with Crippen molar-refractivity contribution >= 4 is 23.2 Å².